The van der Waals surface area contributed by atoms with Crippen LogP contribution in [0.1, 0.15) is 41.0 Å². The number of nitrogens with zero attached hydrogens (tertiary/aromatic N) is 4. The molecule has 0 aliphatic carbocycles. The van der Waals surface area contributed by atoms with E-state index in [4.69, 9.17) is 4.74 Å². The van der Waals surface area contributed by atoms with E-state index in [-0.39, 0.29) is 12.5 Å². The van der Waals surface area contributed by atoms with Crippen molar-refractivity contribution in [2.75, 3.05) is 7.11 Å². The lowest BCUT2D eigenvalue weighted by molar-refractivity contribution is 0.0758. The minimum atomic E-state index is -1.08. The van der Waals surface area contributed by atoms with E-state index in [2.05, 4.69) is 10.1 Å². The maximum atomic E-state index is 15.5. The number of carbonyl (C=O) groups excluding carboxylic acids is 1. The molecule has 1 N–H and O–H groups in total. The van der Waals surface area contributed by atoms with Gasteiger partial charge < -0.3 is 14.7 Å². The number of hydrogen-bond donors (Lipinski definition) is 1. The normalized spacial score (nSPS) is 13.6. The second kappa shape index (κ2) is 7.92. The van der Waals surface area contributed by atoms with Crippen LogP contribution in [0.4, 0.5) is 4.39 Å². The van der Waals surface area contributed by atoms with E-state index in [1.807, 2.05) is 31.4 Å². The summed E-state index contributed by atoms with van der Waals surface area (Å²) in [6, 6.07) is 10.5. The van der Waals surface area contributed by atoms with Gasteiger partial charge in [-0.05, 0) is 43.2 Å². The molecule has 0 atom stereocenters. The summed E-state index contributed by atoms with van der Waals surface area (Å²) in [7, 11) is 3.29. The molecule has 2 aromatic carbocycles. The fourth-order valence-electron chi connectivity index (χ4n) is 4.57. The lowest BCUT2D eigenvalue weighted by atomic mass is 9.91. The first-order valence-electron chi connectivity index (χ1n) is 11.0. The summed E-state index contributed by atoms with van der Waals surface area (Å²) in [6.07, 6.45) is 3.43. The minimum Gasteiger partial charge on any atom is -0.496 e. The molecule has 0 fully saturated rings. The average Bonchev–Trinajstić information content (AvgIpc) is 3.33. The molecule has 0 radical (unpaired) electrons. The average molecular weight is 461 g/mol. The topological polar surface area (TPSA) is 80.5 Å². The van der Waals surface area contributed by atoms with Crippen LogP contribution < -0.4 is 4.74 Å². The summed E-state index contributed by atoms with van der Waals surface area (Å²) in [5, 5.41) is 15.9. The zero-order valence-corrected chi connectivity index (χ0v) is 19.5. The Labute approximate surface area is 196 Å². The molecule has 4 aromatic rings. The van der Waals surface area contributed by atoms with E-state index in [1.165, 1.54) is 13.2 Å². The van der Waals surface area contributed by atoms with E-state index in [0.717, 1.165) is 16.5 Å². The van der Waals surface area contributed by atoms with Gasteiger partial charge in [0.15, 0.2) is 0 Å². The summed E-state index contributed by atoms with van der Waals surface area (Å²) in [5.41, 5.74) is 3.21. The largest absolute Gasteiger partial charge is 0.496 e. The first-order chi connectivity index (χ1) is 16.2. The molecule has 1 amide bonds. The van der Waals surface area contributed by atoms with Crippen molar-refractivity contribution in [1.82, 2.24) is 19.7 Å². The predicted molar refractivity (Wildman–Crippen MR) is 126 cm³/mol. The van der Waals surface area contributed by atoms with E-state index in [1.54, 1.807) is 41.8 Å². The SMILES string of the molecule is COc1cc(-c2ccc(C(C)(C)O)c3nn(C)cc23)cc(F)c1CN1Cc2cccnc2C1=O. The Morgan fingerprint density at radius 3 is 2.74 bits per heavy atom. The Balaban J connectivity index is 1.56. The van der Waals surface area contributed by atoms with Crippen molar-refractivity contribution in [3.63, 3.8) is 0 Å². The third-order valence-corrected chi connectivity index (χ3v) is 6.23. The number of methoxy groups -OCH3 is 1. The monoisotopic (exact) mass is 460 g/mol. The molecule has 0 saturated heterocycles. The number of aromatic nitrogens is 3. The second-order valence-electron chi connectivity index (χ2n) is 9.10. The van der Waals surface area contributed by atoms with Crippen molar-refractivity contribution in [2.24, 2.45) is 7.05 Å². The highest BCUT2D eigenvalue weighted by atomic mass is 19.1. The first-order valence-corrected chi connectivity index (χ1v) is 11.0. The molecule has 5 rings (SSSR count). The molecule has 1 aliphatic heterocycles. The number of ether oxygens (including phenoxy) is 1. The molecule has 34 heavy (non-hydrogen) atoms. The molecule has 2 aromatic heterocycles. The van der Waals surface area contributed by atoms with Crippen LogP contribution in [-0.4, -0.2) is 37.8 Å². The Kier molecular flexibility index (Phi) is 5.13. The van der Waals surface area contributed by atoms with Crippen LogP contribution in [0.5, 0.6) is 5.75 Å². The Morgan fingerprint density at radius 1 is 1.24 bits per heavy atom. The molecule has 174 valence electrons. The molecule has 0 unspecified atom stereocenters. The van der Waals surface area contributed by atoms with Gasteiger partial charge in [-0.1, -0.05) is 18.2 Å². The van der Waals surface area contributed by atoms with E-state index in [9.17, 15) is 9.90 Å². The number of benzene rings is 2. The molecule has 0 saturated carbocycles. The minimum absolute atomic E-state index is 0.0738. The van der Waals surface area contributed by atoms with Gasteiger partial charge in [0.1, 0.15) is 17.3 Å². The van der Waals surface area contributed by atoms with Crippen LogP contribution in [-0.2, 0) is 25.7 Å². The van der Waals surface area contributed by atoms with E-state index >= 15 is 4.39 Å². The van der Waals surface area contributed by atoms with Crippen molar-refractivity contribution < 1.29 is 19.0 Å². The van der Waals surface area contributed by atoms with Crippen molar-refractivity contribution in [2.45, 2.75) is 32.5 Å². The number of rotatable bonds is 5. The highest BCUT2D eigenvalue weighted by molar-refractivity contribution is 5.97. The van der Waals surface area contributed by atoms with Gasteiger partial charge in [0.2, 0.25) is 0 Å². The van der Waals surface area contributed by atoms with Crippen molar-refractivity contribution >= 4 is 16.8 Å². The zero-order chi connectivity index (χ0) is 24.2. The van der Waals surface area contributed by atoms with Crippen LogP contribution in [0.25, 0.3) is 22.0 Å². The van der Waals surface area contributed by atoms with Gasteiger partial charge in [0.05, 0.1) is 24.8 Å². The number of aliphatic hydroxyl groups is 1. The van der Waals surface area contributed by atoms with Gasteiger partial charge >= 0.3 is 0 Å². The van der Waals surface area contributed by atoms with Crippen molar-refractivity contribution in [3.05, 3.63) is 77.0 Å². The fourth-order valence-corrected chi connectivity index (χ4v) is 4.57. The van der Waals surface area contributed by atoms with Crippen LogP contribution >= 0.6 is 0 Å². The number of halogens is 1. The van der Waals surface area contributed by atoms with Crippen LogP contribution in [0.15, 0.2) is 48.8 Å². The summed E-state index contributed by atoms with van der Waals surface area (Å²) in [5.74, 6) is -0.328. The van der Waals surface area contributed by atoms with E-state index < -0.39 is 11.4 Å². The molecule has 0 spiro atoms. The van der Waals surface area contributed by atoms with Gasteiger partial charge in [-0.25, -0.2) is 4.39 Å². The van der Waals surface area contributed by atoms with Gasteiger partial charge in [0.25, 0.3) is 5.91 Å². The lowest BCUT2D eigenvalue weighted by Crippen LogP contribution is -2.24. The quantitative estimate of drug-likeness (QED) is 0.484. The van der Waals surface area contributed by atoms with Gasteiger partial charge in [-0.2, -0.15) is 5.10 Å². The number of fused-ring (bicyclic) bond motifs is 2. The molecule has 8 heteroatoms. The Morgan fingerprint density at radius 2 is 2.03 bits per heavy atom. The third kappa shape index (κ3) is 3.60. The predicted octanol–water partition coefficient (Wildman–Crippen LogP) is 4.17. The Hall–Kier alpha value is -3.78. The summed E-state index contributed by atoms with van der Waals surface area (Å²) < 4.78 is 22.7. The number of pyridine rings is 1. The number of hydrogen-bond acceptors (Lipinski definition) is 5. The highest BCUT2D eigenvalue weighted by Crippen LogP contribution is 2.38. The second-order valence-corrected chi connectivity index (χ2v) is 9.10. The van der Waals surface area contributed by atoms with Crippen molar-refractivity contribution in [3.8, 4) is 16.9 Å². The number of amides is 1. The maximum absolute atomic E-state index is 15.5. The summed E-state index contributed by atoms with van der Waals surface area (Å²) in [4.78, 5) is 18.5. The molecule has 0 bridgehead atoms. The van der Waals surface area contributed by atoms with Crippen LogP contribution in [0, 0.1) is 5.82 Å². The molecule has 3 heterocycles. The van der Waals surface area contributed by atoms with Crippen LogP contribution in [0.2, 0.25) is 0 Å². The smallest absolute Gasteiger partial charge is 0.273 e. The van der Waals surface area contributed by atoms with Gasteiger partial charge in [-0.3, -0.25) is 14.5 Å². The highest BCUT2D eigenvalue weighted by Gasteiger charge is 2.30. The third-order valence-electron chi connectivity index (χ3n) is 6.23. The maximum Gasteiger partial charge on any atom is 0.273 e. The van der Waals surface area contributed by atoms with Crippen LogP contribution in [0.3, 0.4) is 0 Å². The zero-order valence-electron chi connectivity index (χ0n) is 19.5. The Bertz CT molecular complexity index is 1440. The van der Waals surface area contributed by atoms with Gasteiger partial charge in [0, 0.05) is 48.1 Å². The van der Waals surface area contributed by atoms with Gasteiger partial charge in [-0.15, -0.1) is 0 Å². The number of aryl methyl sites for hydroxylation is 1. The molecule has 1 aliphatic rings. The number of carbonyl (C=O) groups is 1. The standard InChI is InChI=1S/C26H25FN4O3/c1-26(2,33)20-8-7-17(18-13-30(3)29-24(18)20)16-10-21(27)19(22(11-16)34-4)14-31-12-15-6-5-9-28-23(15)25(31)32/h5-11,13,33H,12,14H2,1-4H3. The summed E-state index contributed by atoms with van der Waals surface area (Å²) in [6.45, 7) is 3.87. The van der Waals surface area contributed by atoms with E-state index in [0.29, 0.717) is 40.2 Å². The molecular formula is C26H25FN4O3. The van der Waals surface area contributed by atoms with Crippen molar-refractivity contribution in [1.29, 1.82) is 0 Å². The fraction of sp³-hybridized carbons (Fsp3) is 0.269. The first kappa shape index (κ1) is 22.0. The summed E-state index contributed by atoms with van der Waals surface area (Å²) >= 11 is 0. The molecule has 7 nitrogen and oxygen atoms in total. The molecular weight excluding hydrogens is 435 g/mol. The lowest BCUT2D eigenvalue weighted by Gasteiger charge is -2.20.